The first-order valence-electron chi connectivity index (χ1n) is 8.23. The number of rotatable bonds is 9. The van der Waals surface area contributed by atoms with Gasteiger partial charge in [0.2, 0.25) is 0 Å². The molecule has 0 spiro atoms. The molecule has 0 aliphatic heterocycles. The lowest BCUT2D eigenvalue weighted by atomic mass is 9.91. The third kappa shape index (κ3) is 5.63. The van der Waals surface area contributed by atoms with Gasteiger partial charge in [0.05, 0.1) is 0 Å². The number of hydrogen-bond acceptors (Lipinski definition) is 4. The molecule has 2 rings (SSSR count). The third-order valence-corrected chi connectivity index (χ3v) is 3.88. The lowest BCUT2D eigenvalue weighted by Gasteiger charge is -2.19. The predicted molar refractivity (Wildman–Crippen MR) is 101 cm³/mol. The molecule has 4 nitrogen and oxygen atoms in total. The molecule has 0 fully saturated rings. The predicted octanol–water partition coefficient (Wildman–Crippen LogP) is 3.43. The van der Waals surface area contributed by atoms with Crippen LogP contribution in [-0.2, 0) is 6.42 Å². The molecule has 1 atom stereocenters. The Hall–Kier alpha value is -2.46. The minimum Gasteiger partial charge on any atom is -0.309 e. The number of benzene rings is 1. The smallest absolute Gasteiger partial charge is 0.0478 e. The summed E-state index contributed by atoms with van der Waals surface area (Å²) in [6.45, 7) is 4.59. The second kappa shape index (κ2) is 9.63. The molecule has 0 saturated carbocycles. The van der Waals surface area contributed by atoms with E-state index in [1.54, 1.807) is 6.20 Å². The topological polar surface area (TPSA) is 40.5 Å². The summed E-state index contributed by atoms with van der Waals surface area (Å²) < 4.78 is 0. The first-order valence-corrected chi connectivity index (χ1v) is 8.23. The van der Waals surface area contributed by atoms with Crippen LogP contribution in [0.3, 0.4) is 0 Å². The van der Waals surface area contributed by atoms with E-state index in [1.165, 1.54) is 11.1 Å². The number of aromatic nitrogens is 1. The zero-order valence-electron chi connectivity index (χ0n) is 14.5. The molecule has 0 aliphatic rings. The van der Waals surface area contributed by atoms with Crippen molar-refractivity contribution in [2.75, 3.05) is 20.6 Å². The molecular weight excluding hydrogens is 296 g/mol. The summed E-state index contributed by atoms with van der Waals surface area (Å²) in [6, 6.07) is 14.9. The molecule has 1 heterocycles. The second-order valence-corrected chi connectivity index (χ2v) is 5.99. The van der Waals surface area contributed by atoms with Gasteiger partial charge < -0.3 is 4.90 Å². The highest BCUT2D eigenvalue weighted by Gasteiger charge is 2.15. The van der Waals surface area contributed by atoms with E-state index in [1.807, 2.05) is 18.5 Å². The highest BCUT2D eigenvalue weighted by Crippen LogP contribution is 2.27. The van der Waals surface area contributed by atoms with Crippen LogP contribution < -0.4 is 5.43 Å². The van der Waals surface area contributed by atoms with Crippen LogP contribution in [0.5, 0.6) is 0 Å². The largest absolute Gasteiger partial charge is 0.309 e. The third-order valence-electron chi connectivity index (χ3n) is 3.88. The van der Waals surface area contributed by atoms with E-state index in [-0.39, 0.29) is 0 Å². The van der Waals surface area contributed by atoms with Crippen LogP contribution in [0.4, 0.5) is 0 Å². The monoisotopic (exact) mass is 322 g/mol. The van der Waals surface area contributed by atoms with Gasteiger partial charge in [0.1, 0.15) is 0 Å². The summed E-state index contributed by atoms with van der Waals surface area (Å²) in [4.78, 5) is 6.78. The Morgan fingerprint density at radius 1 is 1.21 bits per heavy atom. The first-order chi connectivity index (χ1) is 11.7. The summed E-state index contributed by atoms with van der Waals surface area (Å²) in [5.74, 6) is 0.318. The van der Waals surface area contributed by atoms with Gasteiger partial charge in [0.25, 0.3) is 0 Å². The normalized spacial score (nSPS) is 12.5. The van der Waals surface area contributed by atoms with Crippen molar-refractivity contribution in [1.82, 2.24) is 15.3 Å². The molecule has 2 aromatic rings. The molecule has 0 amide bonds. The van der Waals surface area contributed by atoms with Crippen molar-refractivity contribution in [2.24, 2.45) is 5.10 Å². The summed E-state index contributed by atoms with van der Waals surface area (Å²) in [5, 5.41) is 4.03. The number of hydrogen-bond donors (Lipinski definition) is 1. The summed E-state index contributed by atoms with van der Waals surface area (Å²) in [5.41, 5.74) is 6.39. The van der Waals surface area contributed by atoms with E-state index in [2.05, 4.69) is 77.5 Å². The Kier molecular flexibility index (Phi) is 7.18. The molecular formula is C20H26N4. The second-order valence-electron chi connectivity index (χ2n) is 5.99. The van der Waals surface area contributed by atoms with Crippen LogP contribution >= 0.6 is 0 Å². The molecule has 1 N–H and O–H groups in total. The maximum Gasteiger partial charge on any atom is 0.0478 e. The average Bonchev–Trinajstić information content (AvgIpc) is 2.61. The Labute approximate surface area is 144 Å². The van der Waals surface area contributed by atoms with Gasteiger partial charge in [-0.05, 0) is 50.3 Å². The lowest BCUT2D eigenvalue weighted by molar-refractivity contribution is 0.389. The van der Waals surface area contributed by atoms with Crippen molar-refractivity contribution >= 4 is 6.21 Å². The molecule has 1 unspecified atom stereocenters. The minimum atomic E-state index is 0.318. The van der Waals surface area contributed by atoms with E-state index in [0.717, 1.165) is 25.1 Å². The molecule has 0 saturated heterocycles. The van der Waals surface area contributed by atoms with Crippen molar-refractivity contribution in [1.29, 1.82) is 0 Å². The average molecular weight is 322 g/mol. The lowest BCUT2D eigenvalue weighted by Crippen LogP contribution is -2.17. The van der Waals surface area contributed by atoms with Crippen LogP contribution in [0, 0.1) is 0 Å². The molecule has 0 aliphatic carbocycles. The fourth-order valence-corrected chi connectivity index (χ4v) is 2.60. The first kappa shape index (κ1) is 17.9. The number of nitrogens with one attached hydrogen (secondary N) is 1. The number of hydrazone groups is 1. The summed E-state index contributed by atoms with van der Waals surface area (Å²) in [7, 11) is 4.21. The van der Waals surface area contributed by atoms with Crippen molar-refractivity contribution in [2.45, 2.75) is 18.8 Å². The van der Waals surface area contributed by atoms with Gasteiger partial charge >= 0.3 is 0 Å². The fraction of sp³-hybridized carbons (Fsp3) is 0.300. The Morgan fingerprint density at radius 2 is 2.00 bits per heavy atom. The standard InChI is InChI=1S/C20H26N4/c1-4-22-23-15-12-17-8-10-18(11-9-17)19(13-16-24(2)3)20-7-5-6-14-21-20/h4-11,14-15,19,22H,1,12-13,16H2,2-3H3/b23-15-. The zero-order chi connectivity index (χ0) is 17.2. The van der Waals surface area contributed by atoms with Crippen LogP contribution in [0.2, 0.25) is 0 Å². The highest BCUT2D eigenvalue weighted by molar-refractivity contribution is 5.61. The van der Waals surface area contributed by atoms with E-state index >= 15 is 0 Å². The number of nitrogens with zero attached hydrogens (tertiary/aromatic N) is 3. The molecule has 24 heavy (non-hydrogen) atoms. The molecule has 1 aromatic heterocycles. The van der Waals surface area contributed by atoms with Gasteiger partial charge in [0, 0.05) is 36.6 Å². The SMILES string of the molecule is C=CN/N=C\Cc1ccc(C(CCN(C)C)c2ccccn2)cc1. The van der Waals surface area contributed by atoms with Crippen LogP contribution in [0.1, 0.15) is 29.2 Å². The van der Waals surface area contributed by atoms with E-state index in [4.69, 9.17) is 0 Å². The van der Waals surface area contributed by atoms with Crippen molar-refractivity contribution in [3.63, 3.8) is 0 Å². The van der Waals surface area contributed by atoms with Crippen molar-refractivity contribution in [3.8, 4) is 0 Å². The van der Waals surface area contributed by atoms with Crippen LogP contribution in [0.25, 0.3) is 0 Å². The molecule has 1 aromatic carbocycles. The Bertz CT molecular complexity index is 632. The molecule has 0 radical (unpaired) electrons. The van der Waals surface area contributed by atoms with E-state index in [9.17, 15) is 0 Å². The zero-order valence-corrected chi connectivity index (χ0v) is 14.5. The van der Waals surface area contributed by atoms with E-state index in [0.29, 0.717) is 5.92 Å². The fourth-order valence-electron chi connectivity index (χ4n) is 2.60. The Balaban J connectivity index is 2.12. The van der Waals surface area contributed by atoms with E-state index < -0.39 is 0 Å². The van der Waals surface area contributed by atoms with Gasteiger partial charge in [-0.25, -0.2) is 0 Å². The molecule has 4 heteroatoms. The van der Waals surface area contributed by atoms with Gasteiger partial charge in [0.15, 0.2) is 0 Å². The van der Waals surface area contributed by atoms with Crippen molar-refractivity contribution < 1.29 is 0 Å². The van der Waals surface area contributed by atoms with Gasteiger partial charge in [-0.3, -0.25) is 10.4 Å². The molecule has 0 bridgehead atoms. The number of pyridine rings is 1. The maximum absolute atomic E-state index is 4.57. The van der Waals surface area contributed by atoms with Gasteiger partial charge in [-0.15, -0.1) is 0 Å². The Morgan fingerprint density at radius 3 is 2.62 bits per heavy atom. The quantitative estimate of drug-likeness (QED) is 0.568. The van der Waals surface area contributed by atoms with Gasteiger partial charge in [-0.2, -0.15) is 5.10 Å². The van der Waals surface area contributed by atoms with Crippen molar-refractivity contribution in [3.05, 3.63) is 78.3 Å². The van der Waals surface area contributed by atoms with Gasteiger partial charge in [-0.1, -0.05) is 36.9 Å². The van der Waals surface area contributed by atoms with Crippen LogP contribution in [-0.4, -0.2) is 36.7 Å². The maximum atomic E-state index is 4.57. The minimum absolute atomic E-state index is 0.318. The summed E-state index contributed by atoms with van der Waals surface area (Å²) in [6.07, 6.45) is 7.12. The van der Waals surface area contributed by atoms with Crippen LogP contribution in [0.15, 0.2) is 66.5 Å². The highest BCUT2D eigenvalue weighted by atomic mass is 15.3. The molecule has 126 valence electrons. The summed E-state index contributed by atoms with van der Waals surface area (Å²) >= 11 is 0.